The zero-order valence-corrected chi connectivity index (χ0v) is 11.7. The standard InChI is InChI=1S/C16H31N/c1-17-16(13-15-10-6-7-11-15)12-14-8-4-2-3-5-9-14/h14-17H,2-13H2,1H3. The van der Waals surface area contributed by atoms with Crippen molar-refractivity contribution in [2.75, 3.05) is 7.05 Å². The van der Waals surface area contributed by atoms with Gasteiger partial charge in [0.2, 0.25) is 0 Å². The van der Waals surface area contributed by atoms with Gasteiger partial charge in [0.25, 0.3) is 0 Å². The van der Waals surface area contributed by atoms with Crippen molar-refractivity contribution >= 4 is 0 Å². The predicted octanol–water partition coefficient (Wildman–Crippen LogP) is 4.52. The van der Waals surface area contributed by atoms with Crippen LogP contribution in [0.5, 0.6) is 0 Å². The highest BCUT2D eigenvalue weighted by Gasteiger charge is 2.22. The van der Waals surface area contributed by atoms with Crippen molar-refractivity contribution in [1.29, 1.82) is 0 Å². The normalized spacial score (nSPS) is 25.9. The van der Waals surface area contributed by atoms with Gasteiger partial charge in [-0.2, -0.15) is 0 Å². The Kier molecular flexibility index (Phi) is 5.84. The molecule has 2 fully saturated rings. The summed E-state index contributed by atoms with van der Waals surface area (Å²) in [5, 5.41) is 3.60. The van der Waals surface area contributed by atoms with Crippen molar-refractivity contribution in [2.24, 2.45) is 11.8 Å². The Morgan fingerprint density at radius 1 is 0.765 bits per heavy atom. The van der Waals surface area contributed by atoms with Crippen LogP contribution in [0.4, 0.5) is 0 Å². The lowest BCUT2D eigenvalue weighted by atomic mass is 9.88. The van der Waals surface area contributed by atoms with Crippen molar-refractivity contribution in [3.05, 3.63) is 0 Å². The van der Waals surface area contributed by atoms with Crippen LogP contribution in [0, 0.1) is 11.8 Å². The summed E-state index contributed by atoms with van der Waals surface area (Å²) in [6.07, 6.45) is 17.9. The highest BCUT2D eigenvalue weighted by molar-refractivity contribution is 4.78. The molecule has 100 valence electrons. The first-order valence-corrected chi connectivity index (χ1v) is 8.05. The van der Waals surface area contributed by atoms with Crippen LogP contribution in [0.3, 0.4) is 0 Å². The summed E-state index contributed by atoms with van der Waals surface area (Å²) in [7, 11) is 2.18. The SMILES string of the molecule is CNC(CC1CCCCCC1)CC1CCCC1. The van der Waals surface area contributed by atoms with Crippen molar-refractivity contribution in [3.8, 4) is 0 Å². The molecule has 0 aromatic rings. The molecule has 0 aromatic heterocycles. The lowest BCUT2D eigenvalue weighted by Gasteiger charge is -2.24. The summed E-state index contributed by atoms with van der Waals surface area (Å²) in [6, 6.07) is 0.807. The Balaban J connectivity index is 1.72. The molecule has 1 atom stereocenters. The fraction of sp³-hybridized carbons (Fsp3) is 1.00. The molecule has 1 unspecified atom stereocenters. The zero-order chi connectivity index (χ0) is 11.9. The largest absolute Gasteiger partial charge is 0.317 e. The minimum atomic E-state index is 0.807. The summed E-state index contributed by atoms with van der Waals surface area (Å²) in [6.45, 7) is 0. The molecule has 2 aliphatic carbocycles. The van der Waals surface area contributed by atoms with E-state index in [1.54, 1.807) is 0 Å². The molecular weight excluding hydrogens is 206 g/mol. The quantitative estimate of drug-likeness (QED) is 0.693. The topological polar surface area (TPSA) is 12.0 Å². The lowest BCUT2D eigenvalue weighted by Crippen LogP contribution is -2.29. The molecule has 2 saturated carbocycles. The lowest BCUT2D eigenvalue weighted by molar-refractivity contribution is 0.316. The van der Waals surface area contributed by atoms with Gasteiger partial charge < -0.3 is 5.32 Å². The molecule has 17 heavy (non-hydrogen) atoms. The predicted molar refractivity (Wildman–Crippen MR) is 75.2 cm³/mol. The third kappa shape index (κ3) is 4.62. The molecule has 0 heterocycles. The second-order valence-electron chi connectivity index (χ2n) is 6.47. The van der Waals surface area contributed by atoms with Gasteiger partial charge in [-0.15, -0.1) is 0 Å². The fourth-order valence-electron chi connectivity index (χ4n) is 3.98. The Morgan fingerprint density at radius 2 is 1.18 bits per heavy atom. The van der Waals surface area contributed by atoms with E-state index < -0.39 is 0 Å². The van der Waals surface area contributed by atoms with E-state index in [0.717, 1.165) is 17.9 Å². The Labute approximate surface area is 108 Å². The summed E-state index contributed by atoms with van der Waals surface area (Å²) >= 11 is 0. The van der Waals surface area contributed by atoms with Gasteiger partial charge >= 0.3 is 0 Å². The Hall–Kier alpha value is -0.0400. The van der Waals surface area contributed by atoms with E-state index in [1.165, 1.54) is 77.0 Å². The summed E-state index contributed by atoms with van der Waals surface area (Å²) in [4.78, 5) is 0. The van der Waals surface area contributed by atoms with Gasteiger partial charge in [-0.3, -0.25) is 0 Å². The van der Waals surface area contributed by atoms with E-state index in [1.807, 2.05) is 0 Å². The molecule has 0 aromatic carbocycles. The van der Waals surface area contributed by atoms with Gasteiger partial charge in [0.15, 0.2) is 0 Å². The van der Waals surface area contributed by atoms with Gasteiger partial charge in [-0.1, -0.05) is 64.2 Å². The second kappa shape index (κ2) is 7.41. The molecule has 0 bridgehead atoms. The molecule has 1 nitrogen and oxygen atoms in total. The maximum Gasteiger partial charge on any atom is 0.00693 e. The van der Waals surface area contributed by atoms with Crippen LogP contribution in [0.2, 0.25) is 0 Å². The molecule has 2 aliphatic rings. The van der Waals surface area contributed by atoms with Gasteiger partial charge in [0, 0.05) is 6.04 Å². The van der Waals surface area contributed by atoms with Crippen LogP contribution in [0.15, 0.2) is 0 Å². The van der Waals surface area contributed by atoms with E-state index in [4.69, 9.17) is 0 Å². The monoisotopic (exact) mass is 237 g/mol. The third-order valence-electron chi connectivity index (χ3n) is 5.09. The summed E-state index contributed by atoms with van der Waals surface area (Å²) in [5.74, 6) is 2.06. The molecule has 1 N–H and O–H groups in total. The average Bonchev–Trinajstić information content (AvgIpc) is 2.71. The van der Waals surface area contributed by atoms with E-state index in [2.05, 4.69) is 12.4 Å². The highest BCUT2D eigenvalue weighted by Crippen LogP contribution is 2.32. The molecule has 1 heteroatoms. The number of rotatable bonds is 5. The van der Waals surface area contributed by atoms with Crippen LogP contribution in [0.25, 0.3) is 0 Å². The van der Waals surface area contributed by atoms with Crippen molar-refractivity contribution in [2.45, 2.75) is 83.1 Å². The molecule has 0 radical (unpaired) electrons. The first-order chi connectivity index (χ1) is 8.38. The van der Waals surface area contributed by atoms with Crippen LogP contribution in [-0.2, 0) is 0 Å². The maximum atomic E-state index is 3.60. The van der Waals surface area contributed by atoms with Crippen LogP contribution < -0.4 is 5.32 Å². The molecular formula is C16H31N. The molecule has 0 aliphatic heterocycles. The smallest absolute Gasteiger partial charge is 0.00693 e. The number of hydrogen-bond acceptors (Lipinski definition) is 1. The molecule has 2 rings (SSSR count). The Bertz CT molecular complexity index is 188. The Morgan fingerprint density at radius 3 is 1.59 bits per heavy atom. The van der Waals surface area contributed by atoms with Crippen LogP contribution in [-0.4, -0.2) is 13.1 Å². The van der Waals surface area contributed by atoms with Crippen molar-refractivity contribution < 1.29 is 0 Å². The van der Waals surface area contributed by atoms with Gasteiger partial charge in [0.1, 0.15) is 0 Å². The van der Waals surface area contributed by atoms with Gasteiger partial charge in [0.05, 0.1) is 0 Å². The summed E-state index contributed by atoms with van der Waals surface area (Å²) < 4.78 is 0. The van der Waals surface area contributed by atoms with E-state index in [9.17, 15) is 0 Å². The van der Waals surface area contributed by atoms with Crippen LogP contribution in [0.1, 0.15) is 77.0 Å². The minimum absolute atomic E-state index is 0.807. The van der Waals surface area contributed by atoms with E-state index in [0.29, 0.717) is 0 Å². The first-order valence-electron chi connectivity index (χ1n) is 8.05. The second-order valence-corrected chi connectivity index (χ2v) is 6.47. The average molecular weight is 237 g/mol. The molecule has 0 spiro atoms. The fourth-order valence-corrected chi connectivity index (χ4v) is 3.98. The molecule has 0 saturated heterocycles. The first kappa shape index (κ1) is 13.4. The zero-order valence-electron chi connectivity index (χ0n) is 11.7. The van der Waals surface area contributed by atoms with E-state index >= 15 is 0 Å². The third-order valence-corrected chi connectivity index (χ3v) is 5.09. The van der Waals surface area contributed by atoms with Crippen molar-refractivity contribution in [3.63, 3.8) is 0 Å². The number of hydrogen-bond donors (Lipinski definition) is 1. The van der Waals surface area contributed by atoms with Crippen LogP contribution >= 0.6 is 0 Å². The minimum Gasteiger partial charge on any atom is -0.317 e. The highest BCUT2D eigenvalue weighted by atomic mass is 14.9. The maximum absolute atomic E-state index is 3.60. The van der Waals surface area contributed by atoms with Gasteiger partial charge in [-0.25, -0.2) is 0 Å². The molecule has 0 amide bonds. The van der Waals surface area contributed by atoms with Gasteiger partial charge in [-0.05, 0) is 31.7 Å². The van der Waals surface area contributed by atoms with Crippen molar-refractivity contribution in [1.82, 2.24) is 5.32 Å². The summed E-state index contributed by atoms with van der Waals surface area (Å²) in [5.41, 5.74) is 0. The van der Waals surface area contributed by atoms with E-state index in [-0.39, 0.29) is 0 Å². The number of nitrogens with one attached hydrogen (secondary N) is 1.